The molecule has 0 unspecified atom stereocenters. The lowest BCUT2D eigenvalue weighted by Crippen LogP contribution is -2.49. The van der Waals surface area contributed by atoms with Gasteiger partial charge in [0.05, 0.1) is 18.1 Å². The highest BCUT2D eigenvalue weighted by Gasteiger charge is 2.27. The number of para-hydroxylation sites is 2. The summed E-state index contributed by atoms with van der Waals surface area (Å²) >= 11 is 0. The van der Waals surface area contributed by atoms with E-state index in [1.54, 1.807) is 11.1 Å². The Bertz CT molecular complexity index is 924. The predicted molar refractivity (Wildman–Crippen MR) is 98.4 cm³/mol. The summed E-state index contributed by atoms with van der Waals surface area (Å²) in [5.41, 5.74) is 1.65. The monoisotopic (exact) mass is 349 g/mol. The Labute approximate surface area is 151 Å². The maximum absolute atomic E-state index is 13.0. The van der Waals surface area contributed by atoms with E-state index < -0.39 is 0 Å². The van der Waals surface area contributed by atoms with Crippen LogP contribution < -0.4 is 9.64 Å². The van der Waals surface area contributed by atoms with Crippen molar-refractivity contribution in [3.63, 3.8) is 0 Å². The van der Waals surface area contributed by atoms with Crippen LogP contribution in [0.1, 0.15) is 10.5 Å². The molecule has 0 atom stereocenters. The summed E-state index contributed by atoms with van der Waals surface area (Å²) < 4.78 is 5.31. The Morgan fingerprint density at radius 1 is 0.962 bits per heavy atom. The SMILES string of the molecule is COc1nc2ccccc2nc1C(=O)N1CCN(c2ccccn2)CC1. The van der Waals surface area contributed by atoms with Gasteiger partial charge < -0.3 is 14.5 Å². The van der Waals surface area contributed by atoms with Crippen LogP contribution in [0.4, 0.5) is 5.82 Å². The van der Waals surface area contributed by atoms with Gasteiger partial charge in [0.2, 0.25) is 5.88 Å². The van der Waals surface area contributed by atoms with Crippen LogP contribution in [0.5, 0.6) is 5.88 Å². The second-order valence-electron chi connectivity index (χ2n) is 6.04. The number of hydrogen-bond acceptors (Lipinski definition) is 6. The van der Waals surface area contributed by atoms with Crippen LogP contribution >= 0.6 is 0 Å². The molecule has 26 heavy (non-hydrogen) atoms. The van der Waals surface area contributed by atoms with Crippen molar-refractivity contribution >= 4 is 22.8 Å². The molecule has 2 aromatic heterocycles. The normalized spacial score (nSPS) is 14.5. The summed E-state index contributed by atoms with van der Waals surface area (Å²) in [5.74, 6) is 1.05. The van der Waals surface area contributed by atoms with Gasteiger partial charge in [-0.25, -0.2) is 15.0 Å². The summed E-state index contributed by atoms with van der Waals surface area (Å²) in [6.07, 6.45) is 1.78. The smallest absolute Gasteiger partial charge is 0.278 e. The lowest BCUT2D eigenvalue weighted by Gasteiger charge is -2.35. The van der Waals surface area contributed by atoms with Gasteiger partial charge in [0.1, 0.15) is 5.82 Å². The first-order valence-electron chi connectivity index (χ1n) is 8.52. The van der Waals surface area contributed by atoms with E-state index in [1.165, 1.54) is 7.11 Å². The molecule has 7 nitrogen and oxygen atoms in total. The van der Waals surface area contributed by atoms with Crippen LogP contribution in [0.25, 0.3) is 11.0 Å². The zero-order valence-corrected chi connectivity index (χ0v) is 14.5. The Balaban J connectivity index is 1.54. The van der Waals surface area contributed by atoms with Gasteiger partial charge in [-0.05, 0) is 24.3 Å². The molecule has 132 valence electrons. The Morgan fingerprint density at radius 2 is 1.65 bits per heavy atom. The molecule has 7 heteroatoms. The van der Waals surface area contributed by atoms with Gasteiger partial charge in [0.15, 0.2) is 5.69 Å². The van der Waals surface area contributed by atoms with Gasteiger partial charge in [-0.3, -0.25) is 4.79 Å². The average Bonchev–Trinajstić information content (AvgIpc) is 2.73. The van der Waals surface area contributed by atoms with Crippen molar-refractivity contribution in [1.82, 2.24) is 19.9 Å². The van der Waals surface area contributed by atoms with E-state index >= 15 is 0 Å². The number of amides is 1. The molecule has 3 heterocycles. The van der Waals surface area contributed by atoms with Crippen molar-refractivity contribution in [2.24, 2.45) is 0 Å². The Morgan fingerprint density at radius 3 is 2.31 bits per heavy atom. The third-order valence-electron chi connectivity index (χ3n) is 4.47. The van der Waals surface area contributed by atoms with Gasteiger partial charge in [-0.1, -0.05) is 18.2 Å². The fourth-order valence-corrected chi connectivity index (χ4v) is 3.09. The van der Waals surface area contributed by atoms with E-state index in [0.717, 1.165) is 18.9 Å². The average molecular weight is 349 g/mol. The maximum Gasteiger partial charge on any atom is 0.278 e. The molecule has 3 aromatic rings. The molecule has 0 bridgehead atoms. The van der Waals surface area contributed by atoms with Crippen LogP contribution in [0.3, 0.4) is 0 Å². The molecule has 1 saturated heterocycles. The molecule has 4 rings (SSSR count). The van der Waals surface area contributed by atoms with Crippen molar-refractivity contribution in [2.75, 3.05) is 38.2 Å². The number of methoxy groups -OCH3 is 1. The first kappa shape index (κ1) is 16.3. The number of ether oxygens (including phenoxy) is 1. The van der Waals surface area contributed by atoms with E-state index in [0.29, 0.717) is 24.1 Å². The fourth-order valence-electron chi connectivity index (χ4n) is 3.09. The number of piperazine rings is 1. The van der Waals surface area contributed by atoms with Crippen molar-refractivity contribution in [2.45, 2.75) is 0 Å². The van der Waals surface area contributed by atoms with E-state index in [2.05, 4.69) is 19.9 Å². The van der Waals surface area contributed by atoms with Gasteiger partial charge in [0.25, 0.3) is 5.91 Å². The number of fused-ring (bicyclic) bond motifs is 1. The molecule has 1 amide bonds. The number of aromatic nitrogens is 3. The maximum atomic E-state index is 13.0. The zero-order chi connectivity index (χ0) is 17.9. The number of rotatable bonds is 3. The molecule has 0 saturated carbocycles. The summed E-state index contributed by atoms with van der Waals surface area (Å²) in [5, 5.41) is 0. The van der Waals surface area contributed by atoms with Crippen molar-refractivity contribution in [1.29, 1.82) is 0 Å². The minimum absolute atomic E-state index is 0.152. The lowest BCUT2D eigenvalue weighted by molar-refractivity contribution is 0.0736. The number of carbonyl (C=O) groups excluding carboxylic acids is 1. The number of carbonyl (C=O) groups is 1. The third kappa shape index (κ3) is 3.03. The standard InChI is InChI=1S/C19H19N5O2/c1-26-18-17(21-14-6-2-3-7-15(14)22-18)19(25)24-12-10-23(11-13-24)16-8-4-5-9-20-16/h2-9H,10-13H2,1H3. The summed E-state index contributed by atoms with van der Waals surface area (Å²) in [6, 6.07) is 13.3. The first-order chi connectivity index (χ1) is 12.8. The molecule has 0 aliphatic carbocycles. The van der Waals surface area contributed by atoms with E-state index in [4.69, 9.17) is 4.74 Å². The molecule has 1 aliphatic rings. The highest BCUT2D eigenvalue weighted by molar-refractivity contribution is 5.96. The van der Waals surface area contributed by atoms with Crippen molar-refractivity contribution in [3.8, 4) is 5.88 Å². The lowest BCUT2D eigenvalue weighted by atomic mass is 10.2. The number of hydrogen-bond donors (Lipinski definition) is 0. The molecule has 0 radical (unpaired) electrons. The van der Waals surface area contributed by atoms with Gasteiger partial charge in [-0.2, -0.15) is 0 Å². The Kier molecular flexibility index (Phi) is 4.35. The zero-order valence-electron chi connectivity index (χ0n) is 14.5. The van der Waals surface area contributed by atoms with Gasteiger partial charge in [-0.15, -0.1) is 0 Å². The summed E-state index contributed by atoms with van der Waals surface area (Å²) in [4.78, 5) is 30.2. The van der Waals surface area contributed by atoms with Crippen molar-refractivity contribution in [3.05, 3.63) is 54.4 Å². The van der Waals surface area contributed by atoms with E-state index in [-0.39, 0.29) is 17.5 Å². The molecule has 0 spiro atoms. The van der Waals surface area contributed by atoms with Crippen LogP contribution in [-0.4, -0.2) is 59.0 Å². The van der Waals surface area contributed by atoms with Gasteiger partial charge in [0, 0.05) is 32.4 Å². The van der Waals surface area contributed by atoms with Crippen LogP contribution in [0.2, 0.25) is 0 Å². The molecule has 1 fully saturated rings. The summed E-state index contributed by atoms with van der Waals surface area (Å²) in [7, 11) is 1.51. The highest BCUT2D eigenvalue weighted by Crippen LogP contribution is 2.21. The topological polar surface area (TPSA) is 71.5 Å². The van der Waals surface area contributed by atoms with E-state index in [9.17, 15) is 4.79 Å². The first-order valence-corrected chi connectivity index (χ1v) is 8.52. The van der Waals surface area contributed by atoms with Crippen LogP contribution in [-0.2, 0) is 0 Å². The third-order valence-corrected chi connectivity index (χ3v) is 4.47. The minimum Gasteiger partial charge on any atom is -0.479 e. The van der Waals surface area contributed by atoms with Gasteiger partial charge >= 0.3 is 0 Å². The molecular formula is C19H19N5O2. The minimum atomic E-state index is -0.152. The predicted octanol–water partition coefficient (Wildman–Crippen LogP) is 2.00. The van der Waals surface area contributed by atoms with E-state index in [1.807, 2.05) is 42.5 Å². The quantitative estimate of drug-likeness (QED) is 0.720. The number of benzene rings is 1. The van der Waals surface area contributed by atoms with Crippen LogP contribution in [0.15, 0.2) is 48.7 Å². The Hall–Kier alpha value is -3.22. The van der Waals surface area contributed by atoms with Crippen LogP contribution in [0, 0.1) is 0 Å². The fraction of sp³-hybridized carbons (Fsp3) is 0.263. The highest BCUT2D eigenvalue weighted by atomic mass is 16.5. The number of anilines is 1. The number of nitrogens with zero attached hydrogens (tertiary/aromatic N) is 5. The second kappa shape index (κ2) is 6.95. The molecule has 1 aliphatic heterocycles. The summed E-state index contributed by atoms with van der Waals surface area (Å²) in [6.45, 7) is 2.66. The van der Waals surface area contributed by atoms with Crippen molar-refractivity contribution < 1.29 is 9.53 Å². The molecule has 0 N–H and O–H groups in total. The largest absolute Gasteiger partial charge is 0.479 e. The molecule has 1 aromatic carbocycles. The molecular weight excluding hydrogens is 330 g/mol. The second-order valence-corrected chi connectivity index (χ2v) is 6.04. The number of pyridine rings is 1.